The first-order valence-corrected chi connectivity index (χ1v) is 9.18. The number of anilines is 1. The quantitative estimate of drug-likeness (QED) is 0.531. The largest absolute Gasteiger partial charge is 0.465 e. The molecule has 3 rings (SSSR count). The van der Waals surface area contributed by atoms with Crippen LogP contribution in [-0.2, 0) is 16.1 Å². The van der Waals surface area contributed by atoms with E-state index < -0.39 is 5.97 Å². The molecule has 1 N–H and O–H groups in total. The molecule has 0 fully saturated rings. The lowest BCUT2D eigenvalue weighted by molar-refractivity contribution is -0.113. The molecule has 0 aliphatic rings. The van der Waals surface area contributed by atoms with Crippen LogP contribution in [0.15, 0.2) is 53.7 Å². The van der Waals surface area contributed by atoms with Gasteiger partial charge in [-0.3, -0.25) is 4.79 Å². The normalized spacial score (nSPS) is 10.7. The summed E-state index contributed by atoms with van der Waals surface area (Å²) in [6.45, 7) is 2.82. The zero-order valence-corrected chi connectivity index (χ0v) is 15.4. The summed E-state index contributed by atoms with van der Waals surface area (Å²) in [4.78, 5) is 28.7. The number of rotatable bonds is 6. The minimum absolute atomic E-state index is 0.193. The maximum atomic E-state index is 12.3. The van der Waals surface area contributed by atoms with Gasteiger partial charge in [-0.1, -0.05) is 36.0 Å². The summed E-state index contributed by atoms with van der Waals surface area (Å²) in [5, 5.41) is 3.57. The summed E-state index contributed by atoms with van der Waals surface area (Å²) in [5.74, 6) is -0.499. The van der Waals surface area contributed by atoms with Gasteiger partial charge in [-0.25, -0.2) is 9.78 Å². The number of aromatic nitrogens is 2. The fourth-order valence-corrected chi connectivity index (χ4v) is 3.54. The Bertz CT molecular complexity index is 952. The smallest absolute Gasteiger partial charge is 0.339 e. The molecule has 1 heterocycles. The van der Waals surface area contributed by atoms with E-state index in [0.29, 0.717) is 11.3 Å². The molecule has 0 unspecified atom stereocenters. The van der Waals surface area contributed by atoms with Crippen molar-refractivity contribution in [1.29, 1.82) is 0 Å². The number of nitrogens with zero attached hydrogens (tertiary/aromatic N) is 2. The van der Waals surface area contributed by atoms with E-state index in [4.69, 9.17) is 4.74 Å². The molecule has 2 aromatic carbocycles. The standard InChI is InChI=1S/C19H19N3O3S/c1-3-22-16-11-7-6-10-15(16)21-19(22)26-12-17(23)20-14-9-5-4-8-13(14)18(24)25-2/h4-11H,3,12H2,1-2H3,(H,20,23). The van der Waals surface area contributed by atoms with Crippen LogP contribution in [0.3, 0.4) is 0 Å². The van der Waals surface area contributed by atoms with Crippen molar-refractivity contribution in [3.63, 3.8) is 0 Å². The molecule has 3 aromatic rings. The van der Waals surface area contributed by atoms with Crippen LogP contribution in [0, 0.1) is 0 Å². The summed E-state index contributed by atoms with van der Waals surface area (Å²) in [6.07, 6.45) is 0. The summed E-state index contributed by atoms with van der Waals surface area (Å²) < 4.78 is 6.82. The molecule has 1 amide bonds. The molecule has 0 saturated heterocycles. The third kappa shape index (κ3) is 3.72. The van der Waals surface area contributed by atoms with Crippen molar-refractivity contribution in [1.82, 2.24) is 9.55 Å². The number of fused-ring (bicyclic) bond motifs is 1. The van der Waals surface area contributed by atoms with Crippen LogP contribution in [0.2, 0.25) is 0 Å². The van der Waals surface area contributed by atoms with E-state index in [9.17, 15) is 9.59 Å². The highest BCUT2D eigenvalue weighted by atomic mass is 32.2. The van der Waals surface area contributed by atoms with Crippen molar-refractivity contribution in [2.45, 2.75) is 18.6 Å². The summed E-state index contributed by atoms with van der Waals surface area (Å²) in [6, 6.07) is 14.7. The Balaban J connectivity index is 1.72. The van der Waals surface area contributed by atoms with E-state index in [1.54, 1.807) is 24.3 Å². The predicted molar refractivity (Wildman–Crippen MR) is 103 cm³/mol. The highest BCUT2D eigenvalue weighted by Crippen LogP contribution is 2.24. The van der Waals surface area contributed by atoms with Gasteiger partial charge in [0.15, 0.2) is 5.16 Å². The number of imidazole rings is 1. The Hall–Kier alpha value is -2.80. The number of hydrogen-bond donors (Lipinski definition) is 1. The number of ether oxygens (including phenoxy) is 1. The summed E-state index contributed by atoms with van der Waals surface area (Å²) in [5.41, 5.74) is 2.73. The van der Waals surface area contributed by atoms with Gasteiger partial charge in [-0.05, 0) is 31.2 Å². The van der Waals surface area contributed by atoms with Crippen molar-refractivity contribution >= 4 is 40.4 Å². The number of thioether (sulfide) groups is 1. The molecule has 7 heteroatoms. The van der Waals surface area contributed by atoms with Gasteiger partial charge in [0.1, 0.15) is 0 Å². The summed E-state index contributed by atoms with van der Waals surface area (Å²) >= 11 is 1.37. The van der Waals surface area contributed by atoms with Crippen LogP contribution in [0.1, 0.15) is 17.3 Å². The SMILES string of the molecule is CCn1c(SCC(=O)Nc2ccccc2C(=O)OC)nc2ccccc21. The Morgan fingerprint density at radius 1 is 1.15 bits per heavy atom. The van der Waals surface area contributed by atoms with Crippen molar-refractivity contribution in [3.05, 3.63) is 54.1 Å². The fraction of sp³-hybridized carbons (Fsp3) is 0.211. The lowest BCUT2D eigenvalue weighted by atomic mass is 10.2. The molecule has 6 nitrogen and oxygen atoms in total. The maximum absolute atomic E-state index is 12.3. The fourth-order valence-electron chi connectivity index (χ4n) is 2.67. The van der Waals surface area contributed by atoms with E-state index in [1.807, 2.05) is 31.2 Å². The summed E-state index contributed by atoms with van der Waals surface area (Å²) in [7, 11) is 1.31. The Labute approximate surface area is 155 Å². The number of benzene rings is 2. The van der Waals surface area contributed by atoms with E-state index >= 15 is 0 Å². The van der Waals surface area contributed by atoms with E-state index in [0.717, 1.165) is 22.7 Å². The highest BCUT2D eigenvalue weighted by molar-refractivity contribution is 7.99. The van der Waals surface area contributed by atoms with Crippen molar-refractivity contribution in [3.8, 4) is 0 Å². The minimum Gasteiger partial charge on any atom is -0.465 e. The van der Waals surface area contributed by atoms with Crippen LogP contribution in [0.25, 0.3) is 11.0 Å². The van der Waals surface area contributed by atoms with E-state index in [1.165, 1.54) is 18.9 Å². The molecule has 0 atom stereocenters. The number of para-hydroxylation sites is 3. The molecule has 0 bridgehead atoms. The zero-order valence-electron chi connectivity index (χ0n) is 14.6. The first-order valence-electron chi connectivity index (χ1n) is 8.19. The van der Waals surface area contributed by atoms with Crippen LogP contribution >= 0.6 is 11.8 Å². The number of aryl methyl sites for hydroxylation is 1. The number of nitrogens with one attached hydrogen (secondary N) is 1. The molecule has 0 aliphatic carbocycles. The molecule has 0 aliphatic heterocycles. The topological polar surface area (TPSA) is 73.2 Å². The average molecular weight is 369 g/mol. The van der Waals surface area contributed by atoms with Crippen molar-refractivity contribution < 1.29 is 14.3 Å². The number of carbonyl (C=O) groups is 2. The second-order valence-corrected chi connectivity index (χ2v) is 6.44. The lowest BCUT2D eigenvalue weighted by Gasteiger charge is -2.10. The zero-order chi connectivity index (χ0) is 18.5. The van der Waals surface area contributed by atoms with E-state index in [-0.39, 0.29) is 11.7 Å². The van der Waals surface area contributed by atoms with Crippen LogP contribution < -0.4 is 5.32 Å². The van der Waals surface area contributed by atoms with Crippen molar-refractivity contribution in [2.24, 2.45) is 0 Å². The molecule has 134 valence electrons. The minimum atomic E-state index is -0.485. The van der Waals surface area contributed by atoms with Gasteiger partial charge in [0, 0.05) is 6.54 Å². The highest BCUT2D eigenvalue weighted by Gasteiger charge is 2.15. The molecule has 26 heavy (non-hydrogen) atoms. The second-order valence-electron chi connectivity index (χ2n) is 5.50. The first kappa shape index (κ1) is 18.0. The van der Waals surface area contributed by atoms with Crippen LogP contribution in [0.5, 0.6) is 0 Å². The van der Waals surface area contributed by atoms with Gasteiger partial charge in [0.25, 0.3) is 0 Å². The first-order chi connectivity index (χ1) is 12.6. The number of esters is 1. The molecule has 0 spiro atoms. The Morgan fingerprint density at radius 2 is 1.88 bits per heavy atom. The van der Waals surface area contributed by atoms with Gasteiger partial charge in [-0.15, -0.1) is 0 Å². The molecular formula is C19H19N3O3S. The third-order valence-electron chi connectivity index (χ3n) is 3.87. The Kier molecular flexibility index (Phi) is 5.58. The lowest BCUT2D eigenvalue weighted by Crippen LogP contribution is -2.17. The van der Waals surface area contributed by atoms with Crippen molar-refractivity contribution in [2.75, 3.05) is 18.2 Å². The maximum Gasteiger partial charge on any atom is 0.339 e. The predicted octanol–water partition coefficient (Wildman–Crippen LogP) is 3.57. The van der Waals surface area contributed by atoms with Gasteiger partial charge < -0.3 is 14.6 Å². The number of hydrogen-bond acceptors (Lipinski definition) is 5. The van der Waals surface area contributed by atoms with Gasteiger partial charge >= 0.3 is 5.97 Å². The number of carbonyl (C=O) groups excluding carboxylic acids is 2. The Morgan fingerprint density at radius 3 is 2.65 bits per heavy atom. The third-order valence-corrected chi connectivity index (χ3v) is 4.85. The second kappa shape index (κ2) is 8.05. The number of methoxy groups -OCH3 is 1. The monoisotopic (exact) mass is 369 g/mol. The molecule has 1 aromatic heterocycles. The molecule has 0 radical (unpaired) electrons. The molecule has 0 saturated carbocycles. The van der Waals surface area contributed by atoms with Gasteiger partial charge in [0.2, 0.25) is 5.91 Å². The van der Waals surface area contributed by atoms with Gasteiger partial charge in [0.05, 0.1) is 35.1 Å². The number of amides is 1. The van der Waals surface area contributed by atoms with E-state index in [2.05, 4.69) is 14.9 Å². The average Bonchev–Trinajstić information content (AvgIpc) is 3.03. The van der Waals surface area contributed by atoms with Crippen LogP contribution in [0.4, 0.5) is 5.69 Å². The van der Waals surface area contributed by atoms with Gasteiger partial charge in [-0.2, -0.15) is 0 Å². The molecular weight excluding hydrogens is 350 g/mol. The van der Waals surface area contributed by atoms with Crippen LogP contribution in [-0.4, -0.2) is 34.3 Å².